The Hall–Kier alpha value is -3.10. The van der Waals surface area contributed by atoms with Crippen LogP contribution in [-0.2, 0) is 4.79 Å². The summed E-state index contributed by atoms with van der Waals surface area (Å²) in [6.07, 6.45) is 1.91. The second-order valence-corrected chi connectivity index (χ2v) is 7.87. The average Bonchev–Trinajstić information content (AvgIpc) is 2.76. The molecular weight excluding hydrogens is 376 g/mol. The van der Waals surface area contributed by atoms with E-state index in [2.05, 4.69) is 18.8 Å². The number of benzene rings is 2. The van der Waals surface area contributed by atoms with Gasteiger partial charge in [0.15, 0.2) is 0 Å². The lowest BCUT2D eigenvalue weighted by Gasteiger charge is -2.58. The number of carbonyl (C=O) groups is 2. The molecule has 0 aromatic heterocycles. The van der Waals surface area contributed by atoms with Crippen molar-refractivity contribution in [1.29, 1.82) is 0 Å². The van der Waals surface area contributed by atoms with E-state index < -0.39 is 0 Å². The van der Waals surface area contributed by atoms with Gasteiger partial charge in [0.1, 0.15) is 6.54 Å². The van der Waals surface area contributed by atoms with Crippen molar-refractivity contribution in [3.8, 4) is 11.8 Å². The second-order valence-electron chi connectivity index (χ2n) is 7.87. The molecule has 0 saturated carbocycles. The summed E-state index contributed by atoms with van der Waals surface area (Å²) in [6, 6.07) is 16.7. The van der Waals surface area contributed by atoms with E-state index in [1.54, 1.807) is 21.9 Å². The molecule has 2 aliphatic heterocycles. The Morgan fingerprint density at radius 2 is 1.87 bits per heavy atom. The van der Waals surface area contributed by atoms with E-state index in [1.165, 1.54) is 0 Å². The van der Waals surface area contributed by atoms with Gasteiger partial charge in [-0.2, -0.15) is 0 Å². The number of unbranched alkanes of at least 4 members (excludes halogenated alkanes) is 1. The van der Waals surface area contributed by atoms with E-state index in [1.807, 2.05) is 42.5 Å². The molecule has 1 N–H and O–H groups in total. The zero-order valence-electron chi connectivity index (χ0n) is 17.1. The van der Waals surface area contributed by atoms with Gasteiger partial charge in [0, 0.05) is 30.0 Å². The summed E-state index contributed by atoms with van der Waals surface area (Å²) in [5.74, 6) is 6.08. The van der Waals surface area contributed by atoms with Crippen molar-refractivity contribution in [2.45, 2.75) is 37.8 Å². The zero-order chi connectivity index (χ0) is 21.1. The average molecular weight is 402 g/mol. The fourth-order valence-corrected chi connectivity index (χ4v) is 4.50. The summed E-state index contributed by atoms with van der Waals surface area (Å²) in [5.41, 5.74) is 2.62. The van der Waals surface area contributed by atoms with Crippen molar-refractivity contribution in [2.24, 2.45) is 0 Å². The third kappa shape index (κ3) is 3.71. The number of nitrogens with zero attached hydrogens (tertiary/aromatic N) is 2. The van der Waals surface area contributed by atoms with Crippen LogP contribution in [-0.4, -0.2) is 58.5 Å². The lowest BCUT2D eigenvalue weighted by molar-refractivity contribution is -0.159. The molecule has 2 heterocycles. The predicted octanol–water partition coefficient (Wildman–Crippen LogP) is 2.65. The molecule has 2 amide bonds. The lowest BCUT2D eigenvalue weighted by atomic mass is 9.73. The van der Waals surface area contributed by atoms with Crippen LogP contribution in [0.2, 0.25) is 0 Å². The van der Waals surface area contributed by atoms with E-state index in [0.717, 1.165) is 24.0 Å². The van der Waals surface area contributed by atoms with Crippen LogP contribution in [0.3, 0.4) is 0 Å². The summed E-state index contributed by atoms with van der Waals surface area (Å²) in [4.78, 5) is 29.0. The molecule has 5 heteroatoms. The quantitative estimate of drug-likeness (QED) is 0.800. The Labute approximate surface area is 177 Å². The summed E-state index contributed by atoms with van der Waals surface area (Å²) in [7, 11) is 0. The molecule has 2 aliphatic rings. The standard InChI is InChI=1S/C25H26N2O3/c1-2-3-5-8-18-11-13-19(14-12-18)24-21-15-26(16-23(29)27(21)22(24)17-28)25(30)20-9-6-4-7-10-20/h4,6-7,9-14,21-22,24,28H,2-3,15-17H2,1H3/t21-,22+,24-/m1/s1. The number of hydrogen-bond acceptors (Lipinski definition) is 3. The molecule has 2 aromatic rings. The summed E-state index contributed by atoms with van der Waals surface area (Å²) >= 11 is 0. The topological polar surface area (TPSA) is 60.9 Å². The summed E-state index contributed by atoms with van der Waals surface area (Å²) < 4.78 is 0. The van der Waals surface area contributed by atoms with Gasteiger partial charge in [0.05, 0.1) is 18.7 Å². The Bertz CT molecular complexity index is 975. The first-order valence-electron chi connectivity index (χ1n) is 10.5. The van der Waals surface area contributed by atoms with Crippen molar-refractivity contribution in [3.05, 3.63) is 71.3 Å². The molecule has 4 rings (SSSR count). The highest BCUT2D eigenvalue weighted by Gasteiger charge is 2.54. The first-order valence-corrected chi connectivity index (χ1v) is 10.5. The molecule has 0 bridgehead atoms. The van der Waals surface area contributed by atoms with Crippen molar-refractivity contribution in [3.63, 3.8) is 0 Å². The minimum atomic E-state index is -0.242. The largest absolute Gasteiger partial charge is 0.394 e. The van der Waals surface area contributed by atoms with Crippen LogP contribution in [0.15, 0.2) is 54.6 Å². The molecule has 0 radical (unpaired) electrons. The van der Waals surface area contributed by atoms with Crippen molar-refractivity contribution < 1.29 is 14.7 Å². The molecule has 154 valence electrons. The maximum atomic E-state index is 12.9. The molecular formula is C25H26N2O3. The van der Waals surface area contributed by atoms with Crippen molar-refractivity contribution >= 4 is 11.8 Å². The first-order chi connectivity index (χ1) is 14.6. The van der Waals surface area contributed by atoms with Gasteiger partial charge < -0.3 is 14.9 Å². The second kappa shape index (κ2) is 8.73. The highest BCUT2D eigenvalue weighted by Crippen LogP contribution is 2.43. The number of aliphatic hydroxyl groups excluding tert-OH is 1. The Balaban J connectivity index is 1.54. The van der Waals surface area contributed by atoms with Crippen LogP contribution in [0.4, 0.5) is 0 Å². The normalized spacial score (nSPS) is 22.6. The van der Waals surface area contributed by atoms with Crippen LogP contribution >= 0.6 is 0 Å². The monoisotopic (exact) mass is 402 g/mol. The van der Waals surface area contributed by atoms with E-state index in [9.17, 15) is 14.7 Å². The highest BCUT2D eigenvalue weighted by atomic mass is 16.3. The molecule has 30 heavy (non-hydrogen) atoms. The number of rotatable bonds is 4. The first kappa shape index (κ1) is 20.2. The molecule has 5 nitrogen and oxygen atoms in total. The Kier molecular flexibility index (Phi) is 5.87. The minimum Gasteiger partial charge on any atom is -0.394 e. The Morgan fingerprint density at radius 3 is 2.53 bits per heavy atom. The van der Waals surface area contributed by atoms with Crippen LogP contribution in [0.25, 0.3) is 0 Å². The van der Waals surface area contributed by atoms with E-state index in [0.29, 0.717) is 12.1 Å². The van der Waals surface area contributed by atoms with Gasteiger partial charge in [-0.05, 0) is 36.2 Å². The maximum absolute atomic E-state index is 12.9. The molecule has 2 aromatic carbocycles. The summed E-state index contributed by atoms with van der Waals surface area (Å²) in [5, 5.41) is 9.93. The van der Waals surface area contributed by atoms with Gasteiger partial charge in [-0.1, -0.05) is 49.1 Å². The van der Waals surface area contributed by atoms with Crippen LogP contribution in [0.1, 0.15) is 47.2 Å². The van der Waals surface area contributed by atoms with E-state index >= 15 is 0 Å². The van der Waals surface area contributed by atoms with Crippen LogP contribution in [0.5, 0.6) is 0 Å². The number of hydrogen-bond donors (Lipinski definition) is 1. The number of amides is 2. The minimum absolute atomic E-state index is 0.00275. The van der Waals surface area contributed by atoms with Gasteiger partial charge >= 0.3 is 0 Å². The van der Waals surface area contributed by atoms with E-state index in [4.69, 9.17) is 0 Å². The van der Waals surface area contributed by atoms with Gasteiger partial charge in [0.2, 0.25) is 5.91 Å². The van der Waals surface area contributed by atoms with Crippen LogP contribution < -0.4 is 0 Å². The predicted molar refractivity (Wildman–Crippen MR) is 115 cm³/mol. The van der Waals surface area contributed by atoms with Gasteiger partial charge in [-0.3, -0.25) is 9.59 Å². The molecule has 2 saturated heterocycles. The van der Waals surface area contributed by atoms with Crippen molar-refractivity contribution in [2.75, 3.05) is 19.7 Å². The highest BCUT2D eigenvalue weighted by molar-refractivity contribution is 5.97. The fraction of sp³-hybridized carbons (Fsp3) is 0.360. The molecule has 0 aliphatic carbocycles. The van der Waals surface area contributed by atoms with Gasteiger partial charge in [-0.25, -0.2) is 0 Å². The smallest absolute Gasteiger partial charge is 0.254 e. The molecule has 2 fully saturated rings. The third-order valence-corrected chi connectivity index (χ3v) is 5.96. The van der Waals surface area contributed by atoms with Crippen molar-refractivity contribution in [1.82, 2.24) is 9.80 Å². The Morgan fingerprint density at radius 1 is 1.13 bits per heavy atom. The third-order valence-electron chi connectivity index (χ3n) is 5.96. The molecule has 0 unspecified atom stereocenters. The number of piperazine rings is 1. The zero-order valence-corrected chi connectivity index (χ0v) is 17.1. The van der Waals surface area contributed by atoms with Crippen LogP contribution in [0, 0.1) is 11.8 Å². The van der Waals surface area contributed by atoms with Gasteiger partial charge in [-0.15, -0.1) is 0 Å². The maximum Gasteiger partial charge on any atom is 0.254 e. The fourth-order valence-electron chi connectivity index (χ4n) is 4.50. The number of aliphatic hydroxyl groups is 1. The van der Waals surface area contributed by atoms with E-state index in [-0.39, 0.29) is 43.0 Å². The molecule has 3 atom stereocenters. The van der Waals surface area contributed by atoms with Gasteiger partial charge in [0.25, 0.3) is 5.91 Å². The lowest BCUT2D eigenvalue weighted by Crippen LogP contribution is -2.73. The molecule has 0 spiro atoms. The summed E-state index contributed by atoms with van der Waals surface area (Å²) in [6.45, 7) is 2.54. The SMILES string of the molecule is CCCC#Cc1ccc([C@@H]2[C@H]3CN(C(=O)c4ccccc4)CC(=O)N3[C@H]2CO)cc1. The number of fused-ring (bicyclic) bond motifs is 1. The number of carbonyl (C=O) groups excluding carboxylic acids is 2.